The fourth-order valence-electron chi connectivity index (χ4n) is 2.19. The van der Waals surface area contributed by atoms with Crippen LogP contribution in [-0.4, -0.2) is 104 Å². The highest BCUT2D eigenvalue weighted by Crippen LogP contribution is 2.38. The van der Waals surface area contributed by atoms with Crippen LogP contribution < -0.4 is 0 Å². The molecule has 0 N–H and O–H groups in total. The Bertz CT molecular complexity index is 493. The van der Waals surface area contributed by atoms with Crippen LogP contribution in [0, 0.1) is 0 Å². The minimum absolute atomic E-state index is 0. The predicted molar refractivity (Wildman–Crippen MR) is 108 cm³/mol. The third-order valence-electron chi connectivity index (χ3n) is 3.58. The third-order valence-corrected chi connectivity index (χ3v) is 6.03. The smallest absolute Gasteiger partial charge is 0.377 e. The molecule has 7 nitrogen and oxygen atoms in total. The van der Waals surface area contributed by atoms with Crippen molar-refractivity contribution in [1.29, 1.82) is 0 Å². The number of Topliss-reactive ketones (excluding diaryl/α,β-unsaturated/α-hetero) is 1. The van der Waals surface area contributed by atoms with Crippen molar-refractivity contribution >= 4 is 53.7 Å². The quantitative estimate of drug-likeness (QED) is 0.269. The lowest BCUT2D eigenvalue weighted by Gasteiger charge is -2.29. The number of thioether (sulfide) groups is 2. The van der Waals surface area contributed by atoms with Crippen molar-refractivity contribution in [3.8, 4) is 0 Å². The highest BCUT2D eigenvalue weighted by molar-refractivity contribution is 8.01. The van der Waals surface area contributed by atoms with Crippen LogP contribution in [0.4, 0.5) is 0 Å². The Labute approximate surface area is 170 Å². The molecular weight excluding hydrogens is 400 g/mol. The van der Waals surface area contributed by atoms with Gasteiger partial charge in [0, 0.05) is 30.3 Å². The number of rotatable bonds is 11. The van der Waals surface area contributed by atoms with E-state index in [9.17, 15) is 14.4 Å². The first kappa shape index (κ1) is 25.5. The van der Waals surface area contributed by atoms with Crippen molar-refractivity contribution in [3.63, 3.8) is 0 Å². The summed E-state index contributed by atoms with van der Waals surface area (Å²) in [7, 11) is 7.77. The first-order valence-electron chi connectivity index (χ1n) is 8.17. The molecule has 0 bridgehead atoms. The number of cyclic esters (lactones) is 1. The number of carbonyl (C=O) groups is 3. The Morgan fingerprint density at radius 3 is 2.27 bits per heavy atom. The molecule has 0 saturated carbocycles. The molecule has 1 saturated heterocycles. The van der Waals surface area contributed by atoms with Gasteiger partial charge < -0.3 is 19.3 Å². The van der Waals surface area contributed by atoms with E-state index in [4.69, 9.17) is 9.47 Å². The van der Waals surface area contributed by atoms with Crippen LogP contribution >= 0.6 is 35.9 Å². The highest BCUT2D eigenvalue weighted by Gasteiger charge is 2.61. The zero-order valence-corrected chi connectivity index (χ0v) is 18.4. The summed E-state index contributed by atoms with van der Waals surface area (Å²) in [5.74, 6) is -0.627. The minimum atomic E-state index is -1.53. The van der Waals surface area contributed by atoms with Crippen LogP contribution in [0.1, 0.15) is 6.92 Å². The van der Waals surface area contributed by atoms with E-state index < -0.39 is 28.6 Å². The molecule has 2 unspecified atom stereocenters. The Hall–Kier alpha value is -0.480. The van der Waals surface area contributed by atoms with Crippen LogP contribution in [-0.2, 0) is 23.9 Å². The molecule has 152 valence electrons. The second-order valence-electron chi connectivity index (χ2n) is 6.27. The highest BCUT2D eigenvalue weighted by atomic mass is 35.5. The molecular formula is C16H29ClN2O5S2. The van der Waals surface area contributed by atoms with Gasteiger partial charge in [-0.2, -0.15) is 11.8 Å². The summed E-state index contributed by atoms with van der Waals surface area (Å²) in [5, 5.41) is -0.856. The standard InChI is InChI=1S/C16H28N2O5S2.ClH/c1-6-22-15(21)16(11-24-9-7-17(2)3)13(12(19)14(20)23-16)25-10-8-18(4)5;/h13H,6-11H2,1-5H3;1H. The lowest BCUT2D eigenvalue weighted by Crippen LogP contribution is -2.51. The van der Waals surface area contributed by atoms with E-state index in [0.29, 0.717) is 5.75 Å². The summed E-state index contributed by atoms with van der Waals surface area (Å²) in [6, 6.07) is 0. The zero-order valence-electron chi connectivity index (χ0n) is 16.0. The number of carbonyl (C=O) groups excluding carboxylic acids is 3. The molecule has 10 heteroatoms. The van der Waals surface area contributed by atoms with Gasteiger partial charge in [-0.05, 0) is 35.1 Å². The van der Waals surface area contributed by atoms with Crippen LogP contribution in [0.3, 0.4) is 0 Å². The van der Waals surface area contributed by atoms with Gasteiger partial charge in [0.2, 0.25) is 5.60 Å². The fourth-order valence-corrected chi connectivity index (χ4v) is 5.03. The number of nitrogens with zero attached hydrogens (tertiary/aromatic N) is 2. The van der Waals surface area contributed by atoms with Gasteiger partial charge in [-0.3, -0.25) is 4.79 Å². The summed E-state index contributed by atoms with van der Waals surface area (Å²) < 4.78 is 10.5. The van der Waals surface area contributed by atoms with Crippen molar-refractivity contribution in [2.45, 2.75) is 17.8 Å². The van der Waals surface area contributed by atoms with Gasteiger partial charge in [0.25, 0.3) is 5.78 Å². The minimum Gasteiger partial charge on any atom is -0.463 e. The van der Waals surface area contributed by atoms with Gasteiger partial charge in [0.1, 0.15) is 5.25 Å². The van der Waals surface area contributed by atoms with E-state index >= 15 is 0 Å². The molecule has 0 aromatic heterocycles. The van der Waals surface area contributed by atoms with Gasteiger partial charge >= 0.3 is 11.9 Å². The number of hydrogen-bond acceptors (Lipinski definition) is 9. The van der Waals surface area contributed by atoms with Crippen LogP contribution in [0.2, 0.25) is 0 Å². The Kier molecular flexibility index (Phi) is 11.8. The van der Waals surface area contributed by atoms with E-state index in [1.807, 2.05) is 38.0 Å². The summed E-state index contributed by atoms with van der Waals surface area (Å²) in [6.07, 6.45) is 0. The van der Waals surface area contributed by atoms with Crippen molar-refractivity contribution in [2.75, 3.05) is 65.1 Å². The maximum Gasteiger partial charge on any atom is 0.377 e. The second-order valence-corrected chi connectivity index (χ2v) is 8.59. The Balaban J connectivity index is 0.00000625. The lowest BCUT2D eigenvalue weighted by molar-refractivity contribution is -0.171. The molecule has 1 heterocycles. The lowest BCUT2D eigenvalue weighted by atomic mass is 10.0. The largest absolute Gasteiger partial charge is 0.463 e. The van der Waals surface area contributed by atoms with Gasteiger partial charge in [-0.25, -0.2) is 9.59 Å². The van der Waals surface area contributed by atoms with E-state index in [2.05, 4.69) is 0 Å². The van der Waals surface area contributed by atoms with Crippen molar-refractivity contribution < 1.29 is 23.9 Å². The average molecular weight is 429 g/mol. The maximum atomic E-state index is 12.6. The second kappa shape index (κ2) is 12.1. The number of ketones is 1. The summed E-state index contributed by atoms with van der Waals surface area (Å²) >= 11 is 2.77. The molecule has 1 rings (SSSR count). The first-order valence-corrected chi connectivity index (χ1v) is 10.4. The van der Waals surface area contributed by atoms with Gasteiger partial charge in [0.15, 0.2) is 0 Å². The van der Waals surface area contributed by atoms with Crippen molar-refractivity contribution in [2.24, 2.45) is 0 Å². The number of halogens is 1. The van der Waals surface area contributed by atoms with Crippen LogP contribution in [0.25, 0.3) is 0 Å². The van der Waals surface area contributed by atoms with Gasteiger partial charge in [0.05, 0.1) is 6.61 Å². The number of esters is 2. The van der Waals surface area contributed by atoms with E-state index in [0.717, 1.165) is 18.8 Å². The first-order chi connectivity index (χ1) is 11.7. The van der Waals surface area contributed by atoms with Gasteiger partial charge in [-0.15, -0.1) is 24.2 Å². The number of hydrogen-bond donors (Lipinski definition) is 0. The zero-order chi connectivity index (χ0) is 19.0. The monoisotopic (exact) mass is 428 g/mol. The molecule has 2 atom stereocenters. The summed E-state index contributed by atoms with van der Waals surface area (Å²) in [6.45, 7) is 3.42. The predicted octanol–water partition coefficient (Wildman–Crippen LogP) is 0.794. The van der Waals surface area contributed by atoms with E-state index in [-0.39, 0.29) is 24.8 Å². The molecule has 1 aliphatic rings. The third kappa shape index (κ3) is 6.92. The molecule has 0 amide bonds. The summed E-state index contributed by atoms with van der Waals surface area (Å²) in [4.78, 5) is 40.8. The Morgan fingerprint density at radius 2 is 1.73 bits per heavy atom. The molecule has 0 aromatic carbocycles. The maximum absolute atomic E-state index is 12.6. The molecule has 0 aliphatic carbocycles. The molecule has 1 fully saturated rings. The topological polar surface area (TPSA) is 76.1 Å². The molecule has 1 aliphatic heterocycles. The summed E-state index contributed by atoms with van der Waals surface area (Å²) in [5.41, 5.74) is -1.53. The number of ether oxygens (including phenoxy) is 2. The average Bonchev–Trinajstić information content (AvgIpc) is 2.77. The van der Waals surface area contributed by atoms with Crippen LogP contribution in [0.15, 0.2) is 0 Å². The van der Waals surface area contributed by atoms with Crippen LogP contribution in [0.5, 0.6) is 0 Å². The van der Waals surface area contributed by atoms with Crippen molar-refractivity contribution in [1.82, 2.24) is 9.80 Å². The molecule has 0 radical (unpaired) electrons. The normalized spacial score (nSPS) is 22.5. The Morgan fingerprint density at radius 1 is 1.15 bits per heavy atom. The molecule has 26 heavy (non-hydrogen) atoms. The SMILES string of the molecule is CCOC(=O)C1(CSCCN(C)C)OC(=O)C(=O)C1SCCN(C)C.Cl. The van der Waals surface area contributed by atoms with E-state index in [1.165, 1.54) is 23.5 Å². The fraction of sp³-hybridized carbons (Fsp3) is 0.812. The molecule has 0 spiro atoms. The van der Waals surface area contributed by atoms with E-state index in [1.54, 1.807) is 6.92 Å². The van der Waals surface area contributed by atoms with Crippen molar-refractivity contribution in [3.05, 3.63) is 0 Å². The van der Waals surface area contributed by atoms with Gasteiger partial charge in [-0.1, -0.05) is 0 Å². The molecule has 0 aromatic rings.